The van der Waals surface area contributed by atoms with Crippen LogP contribution in [0.15, 0.2) is 21.6 Å². The Kier molecular flexibility index (Phi) is 5.40. The Morgan fingerprint density at radius 2 is 1.95 bits per heavy atom. The molecule has 1 rings (SSSR count). The van der Waals surface area contributed by atoms with E-state index < -0.39 is 10.0 Å². The van der Waals surface area contributed by atoms with E-state index in [1.54, 1.807) is 13.1 Å². The Balaban J connectivity index is 2.96. The first kappa shape index (κ1) is 17.2. The molecule has 0 saturated carbocycles. The molecule has 5 nitrogen and oxygen atoms in total. The van der Waals surface area contributed by atoms with Gasteiger partial charge in [0.05, 0.1) is 6.54 Å². The van der Waals surface area contributed by atoms with E-state index in [2.05, 4.69) is 5.32 Å². The molecule has 6 heteroatoms. The lowest BCUT2D eigenvalue weighted by molar-refractivity contribution is 0.213. The lowest BCUT2D eigenvalue weighted by Gasteiger charge is -2.33. The molecular weight excluding hydrogens is 276 g/mol. The summed E-state index contributed by atoms with van der Waals surface area (Å²) < 4.78 is 31.9. The molecule has 0 aliphatic carbocycles. The molecule has 1 aromatic heterocycles. The Labute approximate surface area is 122 Å². The van der Waals surface area contributed by atoms with E-state index in [0.717, 1.165) is 6.54 Å². The van der Waals surface area contributed by atoms with Crippen LogP contribution in [0, 0.1) is 5.41 Å². The zero-order valence-electron chi connectivity index (χ0n) is 13.2. The molecule has 0 saturated heterocycles. The van der Waals surface area contributed by atoms with Crippen molar-refractivity contribution in [1.82, 2.24) is 9.62 Å². The monoisotopic (exact) mass is 302 g/mol. The summed E-state index contributed by atoms with van der Waals surface area (Å²) in [4.78, 5) is 0. The van der Waals surface area contributed by atoms with Crippen molar-refractivity contribution in [2.24, 2.45) is 5.41 Å². The molecule has 1 unspecified atom stereocenters. The second-order valence-corrected chi connectivity index (χ2v) is 7.99. The highest BCUT2D eigenvalue weighted by Gasteiger charge is 2.34. The summed E-state index contributed by atoms with van der Waals surface area (Å²) >= 11 is 0. The number of sulfonamides is 1. The van der Waals surface area contributed by atoms with Gasteiger partial charge in [-0.1, -0.05) is 27.7 Å². The number of hydrogen-bond acceptors (Lipinski definition) is 4. The molecule has 0 amide bonds. The van der Waals surface area contributed by atoms with E-state index in [9.17, 15) is 8.42 Å². The lowest BCUT2D eigenvalue weighted by atomic mass is 9.88. The predicted molar refractivity (Wildman–Crippen MR) is 80.0 cm³/mol. The Morgan fingerprint density at radius 1 is 1.35 bits per heavy atom. The van der Waals surface area contributed by atoms with Crippen LogP contribution in [0.4, 0.5) is 0 Å². The third kappa shape index (κ3) is 3.84. The van der Waals surface area contributed by atoms with Crippen LogP contribution in [0.5, 0.6) is 0 Å². The number of hydrogen-bond donors (Lipinski definition) is 1. The Morgan fingerprint density at radius 3 is 2.45 bits per heavy atom. The second kappa shape index (κ2) is 6.28. The first-order chi connectivity index (χ1) is 9.10. The van der Waals surface area contributed by atoms with Gasteiger partial charge < -0.3 is 9.73 Å². The van der Waals surface area contributed by atoms with Crippen molar-refractivity contribution in [2.75, 3.05) is 13.6 Å². The molecule has 1 N–H and O–H groups in total. The highest BCUT2D eigenvalue weighted by Crippen LogP contribution is 2.28. The average molecular weight is 302 g/mol. The summed E-state index contributed by atoms with van der Waals surface area (Å²) in [6.07, 6.45) is 0. The average Bonchev–Trinajstić information content (AvgIpc) is 2.82. The molecule has 1 atom stereocenters. The molecule has 0 fully saturated rings. The van der Waals surface area contributed by atoms with Crippen molar-refractivity contribution in [2.45, 2.75) is 52.3 Å². The van der Waals surface area contributed by atoms with Crippen molar-refractivity contribution in [3.05, 3.63) is 17.9 Å². The predicted octanol–water partition coefficient (Wildman–Crippen LogP) is 2.44. The first-order valence-electron chi connectivity index (χ1n) is 6.88. The van der Waals surface area contributed by atoms with Crippen LogP contribution in [-0.4, -0.2) is 32.4 Å². The maximum absolute atomic E-state index is 12.5. The van der Waals surface area contributed by atoms with Gasteiger partial charge in [0.15, 0.2) is 0 Å². The smallest absolute Gasteiger partial charge is 0.276 e. The number of furan rings is 1. The van der Waals surface area contributed by atoms with Crippen LogP contribution >= 0.6 is 0 Å². The quantitative estimate of drug-likeness (QED) is 0.876. The fourth-order valence-corrected chi connectivity index (χ4v) is 3.20. The van der Waals surface area contributed by atoms with Crippen LogP contribution in [0.3, 0.4) is 0 Å². The van der Waals surface area contributed by atoms with Gasteiger partial charge in [0.1, 0.15) is 5.76 Å². The first-order valence-corrected chi connectivity index (χ1v) is 8.32. The summed E-state index contributed by atoms with van der Waals surface area (Å²) in [6, 6.07) is 3.09. The van der Waals surface area contributed by atoms with Gasteiger partial charge in [-0.25, -0.2) is 8.42 Å². The summed E-state index contributed by atoms with van der Waals surface area (Å²) in [5, 5.41) is 3.11. The Hall–Kier alpha value is -0.850. The van der Waals surface area contributed by atoms with Crippen molar-refractivity contribution >= 4 is 10.0 Å². The molecule has 0 aliphatic heterocycles. The third-order valence-corrected chi connectivity index (χ3v) is 5.42. The molecule has 116 valence electrons. The van der Waals surface area contributed by atoms with E-state index in [4.69, 9.17) is 4.42 Å². The van der Waals surface area contributed by atoms with Gasteiger partial charge in [0.25, 0.3) is 10.0 Å². The van der Waals surface area contributed by atoms with E-state index in [1.165, 1.54) is 10.4 Å². The third-order valence-electron chi connectivity index (χ3n) is 3.62. The van der Waals surface area contributed by atoms with Crippen LogP contribution in [0.25, 0.3) is 0 Å². The van der Waals surface area contributed by atoms with Crippen LogP contribution in [0.2, 0.25) is 0 Å². The van der Waals surface area contributed by atoms with E-state index in [-0.39, 0.29) is 16.5 Å². The van der Waals surface area contributed by atoms with Crippen molar-refractivity contribution in [1.29, 1.82) is 0 Å². The molecule has 0 bridgehead atoms. The van der Waals surface area contributed by atoms with Gasteiger partial charge in [-0.2, -0.15) is 4.31 Å². The minimum absolute atomic E-state index is 0.00371. The normalized spacial score (nSPS) is 14.8. The minimum Gasteiger partial charge on any atom is -0.447 e. The summed E-state index contributed by atoms with van der Waals surface area (Å²) in [5.74, 6) is 0.627. The van der Waals surface area contributed by atoms with Gasteiger partial charge in [0.2, 0.25) is 5.09 Å². The standard InChI is InChI=1S/C14H26N2O3S/c1-7-15-10-12-8-9-13(19-12)20(17,18)16(6)11(2)14(3,4)5/h8-9,11,15H,7,10H2,1-6H3. The van der Waals surface area contributed by atoms with Gasteiger partial charge in [0, 0.05) is 13.1 Å². The molecule has 0 spiro atoms. The molecular formula is C14H26N2O3S. The van der Waals surface area contributed by atoms with Gasteiger partial charge >= 0.3 is 0 Å². The molecule has 20 heavy (non-hydrogen) atoms. The fraction of sp³-hybridized carbons (Fsp3) is 0.714. The Bertz CT molecular complexity index is 529. The van der Waals surface area contributed by atoms with Crippen molar-refractivity contribution in [3.8, 4) is 0 Å². The number of nitrogens with zero attached hydrogens (tertiary/aromatic N) is 1. The topological polar surface area (TPSA) is 62.6 Å². The molecule has 1 heterocycles. The largest absolute Gasteiger partial charge is 0.447 e. The van der Waals surface area contributed by atoms with Crippen molar-refractivity contribution < 1.29 is 12.8 Å². The van der Waals surface area contributed by atoms with Gasteiger partial charge in [-0.15, -0.1) is 0 Å². The minimum atomic E-state index is -3.59. The van der Waals surface area contributed by atoms with E-state index in [0.29, 0.717) is 12.3 Å². The van der Waals surface area contributed by atoms with Crippen LogP contribution in [0.1, 0.15) is 40.4 Å². The molecule has 0 aromatic carbocycles. The summed E-state index contributed by atoms with van der Waals surface area (Å²) in [7, 11) is -1.99. The van der Waals surface area contributed by atoms with Crippen LogP contribution in [-0.2, 0) is 16.6 Å². The van der Waals surface area contributed by atoms with E-state index in [1.807, 2.05) is 34.6 Å². The SMILES string of the molecule is CCNCc1ccc(S(=O)(=O)N(C)C(C)C(C)(C)C)o1. The lowest BCUT2D eigenvalue weighted by Crippen LogP contribution is -2.42. The number of nitrogens with one attached hydrogen (secondary N) is 1. The molecule has 1 aromatic rings. The van der Waals surface area contributed by atoms with Crippen LogP contribution < -0.4 is 5.32 Å². The highest BCUT2D eigenvalue weighted by atomic mass is 32.2. The summed E-state index contributed by atoms with van der Waals surface area (Å²) in [5.41, 5.74) is -0.138. The maximum Gasteiger partial charge on any atom is 0.276 e. The van der Waals surface area contributed by atoms with Gasteiger partial charge in [-0.05, 0) is 31.0 Å². The van der Waals surface area contributed by atoms with Crippen molar-refractivity contribution in [3.63, 3.8) is 0 Å². The van der Waals surface area contributed by atoms with Gasteiger partial charge in [-0.3, -0.25) is 0 Å². The fourth-order valence-electron chi connectivity index (χ4n) is 1.74. The molecule has 0 radical (unpaired) electrons. The summed E-state index contributed by atoms with van der Waals surface area (Å²) in [6.45, 7) is 11.3. The zero-order chi connectivity index (χ0) is 15.6. The molecule has 0 aliphatic rings. The highest BCUT2D eigenvalue weighted by molar-refractivity contribution is 7.89. The van der Waals surface area contributed by atoms with E-state index >= 15 is 0 Å². The second-order valence-electron chi connectivity index (χ2n) is 6.06. The maximum atomic E-state index is 12.5. The number of rotatable bonds is 6. The zero-order valence-corrected chi connectivity index (χ0v) is 14.0.